The van der Waals surface area contributed by atoms with Gasteiger partial charge >= 0.3 is 63.9 Å². The van der Waals surface area contributed by atoms with Gasteiger partial charge in [-0.05, 0) is 0 Å². The highest BCUT2D eigenvalue weighted by molar-refractivity contribution is 7.81. The summed E-state index contributed by atoms with van der Waals surface area (Å²) in [7, 11) is -27.0. The summed E-state index contributed by atoms with van der Waals surface area (Å²) in [5, 5.41) is 86.4. The summed E-state index contributed by atoms with van der Waals surface area (Å²) >= 11 is 0. The van der Waals surface area contributed by atoms with Crippen molar-refractivity contribution in [2.75, 3.05) is 26.9 Å². The summed E-state index contributed by atoms with van der Waals surface area (Å²) < 4.78 is 240. The Bertz CT molecular complexity index is 2670. The van der Waals surface area contributed by atoms with Gasteiger partial charge < -0.3 is 105 Å². The van der Waals surface area contributed by atoms with Crippen LogP contribution in [-0.2, 0) is 130 Å². The fraction of sp³-hybridized carbons (Fsp3) is 0.935. The molecule has 5 fully saturated rings. The fourth-order valence-corrected chi connectivity index (χ4v) is 10.1. The lowest BCUT2D eigenvalue weighted by molar-refractivity contribution is -0.372. The van der Waals surface area contributed by atoms with Crippen molar-refractivity contribution in [3.8, 4) is 0 Å². The Morgan fingerprint density at radius 2 is 0.772 bits per heavy atom. The number of carboxylic acids is 2. The van der Waals surface area contributed by atoms with Crippen molar-refractivity contribution in [1.82, 2.24) is 0 Å². The molecule has 0 unspecified atom stereocenters. The smallest absolute Gasteiger partial charge is 0.397 e. The van der Waals surface area contributed by atoms with Gasteiger partial charge in [-0.2, -0.15) is 42.1 Å². The minimum atomic E-state index is -5.94. The molecule has 79 heavy (non-hydrogen) atoms. The van der Waals surface area contributed by atoms with Crippen molar-refractivity contribution in [2.45, 2.75) is 153 Å². The quantitative estimate of drug-likeness (QED) is 0.0399. The van der Waals surface area contributed by atoms with Gasteiger partial charge in [-0.25, -0.2) is 30.5 Å². The van der Waals surface area contributed by atoms with Gasteiger partial charge in [0.15, 0.2) is 49.8 Å². The molecule has 462 valence electrons. The van der Waals surface area contributed by atoms with E-state index in [1.165, 1.54) is 0 Å². The van der Waals surface area contributed by atoms with Crippen molar-refractivity contribution in [3.63, 3.8) is 0 Å². The van der Waals surface area contributed by atoms with Crippen LogP contribution in [0.1, 0.15) is 0 Å². The maximum absolute atomic E-state index is 12.8. The second-order valence-electron chi connectivity index (χ2n) is 17.1. The maximum Gasteiger partial charge on any atom is 0.397 e. The molecule has 0 aliphatic carbocycles. The molecule has 0 bridgehead atoms. The van der Waals surface area contributed by atoms with Gasteiger partial charge in [0.2, 0.25) is 0 Å². The van der Waals surface area contributed by atoms with Gasteiger partial charge in [0.05, 0.1) is 37.9 Å². The van der Waals surface area contributed by atoms with E-state index >= 15 is 0 Å². The Balaban J connectivity index is 1.48. The van der Waals surface area contributed by atoms with Crippen LogP contribution < -0.4 is 17.2 Å². The Hall–Kier alpha value is -2.47. The maximum atomic E-state index is 12.8. The lowest BCUT2D eigenvalue weighted by Crippen LogP contribution is -2.70. The van der Waals surface area contributed by atoms with E-state index in [2.05, 4.69) is 20.9 Å². The third-order valence-corrected chi connectivity index (χ3v) is 14.0. The first-order valence-electron chi connectivity index (χ1n) is 21.5. The molecule has 0 aromatic rings. The Morgan fingerprint density at radius 3 is 1.24 bits per heavy atom. The molecule has 48 heteroatoms. The molecule has 5 heterocycles. The molecular formula is C31H53N3O40S5. The summed E-state index contributed by atoms with van der Waals surface area (Å²) in [6.45, 7) is -4.22. The number of rotatable bonds is 24. The Morgan fingerprint density at radius 1 is 0.392 bits per heavy atom. The molecule has 5 rings (SSSR count). The molecule has 43 nitrogen and oxygen atoms in total. The molecule has 0 aromatic heterocycles. The second-order valence-corrected chi connectivity index (χ2v) is 22.5. The topological polar surface area (TPSA) is 684 Å². The lowest BCUT2D eigenvalue weighted by Gasteiger charge is -2.50. The first kappa shape index (κ1) is 67.3. The molecule has 5 aliphatic heterocycles. The monoisotopic (exact) mass is 1270 g/mol. The first-order valence-corrected chi connectivity index (χ1v) is 28.3. The van der Waals surface area contributed by atoms with E-state index < -0.39 is 237 Å². The molecule has 25 atom stereocenters. The number of hydrogen-bond acceptors (Lipinski definition) is 36. The van der Waals surface area contributed by atoms with Crippen LogP contribution >= 0.6 is 0 Å². The van der Waals surface area contributed by atoms with Crippen molar-refractivity contribution >= 4 is 63.9 Å². The zero-order chi connectivity index (χ0) is 59.8. The van der Waals surface area contributed by atoms with Gasteiger partial charge in [-0.15, -0.1) is 0 Å². The molecular weight excluding hydrogens is 1210 g/mol. The Labute approximate surface area is 443 Å². The average Bonchev–Trinajstić information content (AvgIpc) is 3.37. The number of ether oxygens (including phenoxy) is 10. The summed E-state index contributed by atoms with van der Waals surface area (Å²) in [5.41, 5.74) is 17.9. The van der Waals surface area contributed by atoms with Crippen LogP contribution in [0.2, 0.25) is 0 Å². The first-order chi connectivity index (χ1) is 36.1. The second kappa shape index (κ2) is 26.2. The lowest BCUT2D eigenvalue weighted by atomic mass is 9.94. The number of aliphatic hydroxyl groups excluding tert-OH is 6. The number of hydrogen-bond donors (Lipinski definition) is 16. The standard InChI is InChI=1S/C31H53N3O40S5/c1-60-27-9(33)13(37)17(6(65-27)3-62-76(48,49)50)67-31-22(74-79(57,58)59)16(40)21(24(72-31)26(43)44)70-29-10(34)19(73-78(54,55)56)18(7(66-29)4-63-77(51,52)53)68-30-15(39)14(38)20(23(71-30)25(41)42)69-28-8(32)12(36)11(35)5(64-28)2-61-75(45,46)47/h5-24,27-31,35-40H,2-4,32-34H2,1H3,(H,41,42)(H,43,44)(H,45,46,47)(H,48,49,50)(H,51,52,53)(H,54,55,56)(H,57,58,59)/t5-,6-,7-,8-,9-,10-,11-,12-,13-,14-,15-,16+,17-,18-,19-,20+,21+,22-,23+,24-,27+,28-,29-,30-,31-/m1/s1. The van der Waals surface area contributed by atoms with E-state index in [1.54, 1.807) is 0 Å². The number of aliphatic hydroxyl groups is 6. The van der Waals surface area contributed by atoms with Crippen LogP contribution in [0.25, 0.3) is 0 Å². The third-order valence-electron chi connectivity index (χ3n) is 11.7. The SMILES string of the molecule is CO[C@H]1O[C@H](COS(=O)(=O)O)[C@@H](O[C@@H]2O[C@@H](C(=O)O)[C@@H](O[C@H]3O[C@H](COS(=O)(=O)O)[C@@H](O[C@@H]4O[C@H](C(=O)O)[C@@H](O[C@H]5O[C@H](COS(=O)(=O)O)[C@@H](O)[C@H](O)[C@H]5N)[C@H](O)[C@H]4O)[C@H](OS(=O)(=O)O)[C@H]3N)[C@H](O)[C@H]2OS(=O)(=O)O)[C@H](O)[C@H]1N. The summed E-state index contributed by atoms with van der Waals surface area (Å²) in [6, 6.07) is -6.11. The zero-order valence-corrected chi connectivity index (χ0v) is 43.2. The summed E-state index contributed by atoms with van der Waals surface area (Å²) in [4.78, 5) is 25.4. The number of carboxylic acid groups (broad SMARTS) is 2. The van der Waals surface area contributed by atoms with Crippen LogP contribution in [-0.4, -0.2) is 298 Å². The third kappa shape index (κ3) is 17.8. The predicted molar refractivity (Wildman–Crippen MR) is 230 cm³/mol. The minimum absolute atomic E-state index is 0.983. The van der Waals surface area contributed by atoms with Crippen molar-refractivity contribution in [3.05, 3.63) is 0 Å². The van der Waals surface area contributed by atoms with E-state index in [4.69, 9.17) is 73.7 Å². The molecule has 0 aromatic carbocycles. The van der Waals surface area contributed by atoms with Crippen LogP contribution in [0.3, 0.4) is 0 Å². The molecule has 19 N–H and O–H groups in total. The average molecular weight is 1270 g/mol. The number of methoxy groups -OCH3 is 1. The van der Waals surface area contributed by atoms with Crippen LogP contribution in [0, 0.1) is 0 Å². The molecule has 0 saturated carbocycles. The summed E-state index contributed by atoms with van der Waals surface area (Å²) in [5.74, 6) is -4.37. The molecule has 0 spiro atoms. The highest BCUT2D eigenvalue weighted by Crippen LogP contribution is 2.37. The van der Waals surface area contributed by atoms with Gasteiger partial charge in [0, 0.05) is 7.11 Å². The highest BCUT2D eigenvalue weighted by Gasteiger charge is 2.60. The highest BCUT2D eigenvalue weighted by atomic mass is 32.3. The number of aliphatic carboxylic acids is 2. The van der Waals surface area contributed by atoms with Crippen LogP contribution in [0.5, 0.6) is 0 Å². The summed E-state index contributed by atoms with van der Waals surface area (Å²) in [6.07, 6.45) is -54.1. The van der Waals surface area contributed by atoms with Crippen LogP contribution in [0.4, 0.5) is 0 Å². The molecule has 5 saturated heterocycles. The van der Waals surface area contributed by atoms with Crippen molar-refractivity contribution < 1.29 is 184 Å². The Kier molecular flexibility index (Phi) is 22.3. The predicted octanol–water partition coefficient (Wildman–Crippen LogP) is -12.1. The van der Waals surface area contributed by atoms with Gasteiger partial charge in [0.1, 0.15) is 85.5 Å². The van der Waals surface area contributed by atoms with Gasteiger partial charge in [-0.1, -0.05) is 0 Å². The van der Waals surface area contributed by atoms with E-state index in [0.29, 0.717) is 0 Å². The van der Waals surface area contributed by atoms with E-state index in [-0.39, 0.29) is 0 Å². The van der Waals surface area contributed by atoms with Crippen LogP contribution in [0.15, 0.2) is 0 Å². The van der Waals surface area contributed by atoms with Gasteiger partial charge in [0.25, 0.3) is 0 Å². The van der Waals surface area contributed by atoms with E-state index in [1.807, 2.05) is 0 Å². The van der Waals surface area contributed by atoms with E-state index in [0.717, 1.165) is 7.11 Å². The molecule has 0 radical (unpaired) electrons. The molecule has 5 aliphatic rings. The minimum Gasteiger partial charge on any atom is -0.479 e. The number of carbonyl (C=O) groups is 2. The normalized spacial score (nSPS) is 42.1. The zero-order valence-electron chi connectivity index (χ0n) is 39.2. The van der Waals surface area contributed by atoms with Crippen molar-refractivity contribution in [1.29, 1.82) is 0 Å². The molecule has 0 amide bonds. The van der Waals surface area contributed by atoms with E-state index in [9.17, 15) is 106 Å². The largest absolute Gasteiger partial charge is 0.479 e. The van der Waals surface area contributed by atoms with Crippen molar-refractivity contribution in [2.24, 2.45) is 17.2 Å². The number of nitrogens with two attached hydrogens (primary N) is 3. The fourth-order valence-electron chi connectivity index (χ4n) is 8.18. The van der Waals surface area contributed by atoms with Gasteiger partial charge in [-0.3, -0.25) is 22.8 Å².